The number of nitrogens with one attached hydrogen (secondary N) is 2. The summed E-state index contributed by atoms with van der Waals surface area (Å²) in [5.74, 6) is -0.845. The fourth-order valence-corrected chi connectivity index (χ4v) is 2.83. The monoisotopic (exact) mass is 320 g/mol. The number of pyridine rings is 1. The van der Waals surface area contributed by atoms with Crippen LogP contribution in [0.1, 0.15) is 10.4 Å². The minimum Gasteiger partial charge on any atom is -0.478 e. The molecule has 0 aliphatic rings. The standard InChI is InChI=1S/C17H12N4O3/c18-13-8-4-1-2-6-10(8)20-16(22)12(13)15-19-11-7-3-5-9(17(23)24)14(11)21-15/h1-7H,(H,19,21)(H,23,24)(H3,18,20,22). The summed E-state index contributed by atoms with van der Waals surface area (Å²) in [6, 6.07) is 12.0. The number of fused-ring (bicyclic) bond motifs is 2. The molecule has 0 aliphatic heterocycles. The fraction of sp³-hybridized carbons (Fsp3) is 0. The summed E-state index contributed by atoms with van der Waals surface area (Å²) in [7, 11) is 0. The van der Waals surface area contributed by atoms with Crippen LogP contribution in [0.15, 0.2) is 47.3 Å². The number of nitrogen functional groups attached to an aromatic ring is 1. The van der Waals surface area contributed by atoms with Crippen LogP contribution in [-0.4, -0.2) is 26.0 Å². The smallest absolute Gasteiger partial charge is 0.337 e. The molecule has 0 radical (unpaired) electrons. The molecule has 0 bridgehead atoms. The summed E-state index contributed by atoms with van der Waals surface area (Å²) < 4.78 is 0. The molecule has 5 N–H and O–H groups in total. The normalized spacial score (nSPS) is 11.2. The van der Waals surface area contributed by atoms with Crippen LogP contribution < -0.4 is 11.3 Å². The maximum Gasteiger partial charge on any atom is 0.337 e. The zero-order valence-corrected chi connectivity index (χ0v) is 12.3. The molecule has 7 heteroatoms. The number of carboxylic acids is 1. The fourth-order valence-electron chi connectivity index (χ4n) is 2.83. The van der Waals surface area contributed by atoms with Gasteiger partial charge in [0.15, 0.2) is 0 Å². The highest BCUT2D eigenvalue weighted by Crippen LogP contribution is 2.28. The summed E-state index contributed by atoms with van der Waals surface area (Å²) in [6.07, 6.45) is 0. The van der Waals surface area contributed by atoms with E-state index >= 15 is 0 Å². The number of para-hydroxylation sites is 2. The Balaban J connectivity index is 2.05. The zero-order chi connectivity index (χ0) is 16.8. The lowest BCUT2D eigenvalue weighted by Crippen LogP contribution is -2.13. The topological polar surface area (TPSA) is 125 Å². The van der Waals surface area contributed by atoms with E-state index in [1.54, 1.807) is 30.3 Å². The summed E-state index contributed by atoms with van der Waals surface area (Å²) in [5.41, 5.74) is 7.78. The number of aromatic amines is 2. The van der Waals surface area contributed by atoms with Gasteiger partial charge in [-0.3, -0.25) is 4.79 Å². The van der Waals surface area contributed by atoms with Gasteiger partial charge in [-0.1, -0.05) is 24.3 Å². The van der Waals surface area contributed by atoms with Crippen molar-refractivity contribution < 1.29 is 9.90 Å². The van der Waals surface area contributed by atoms with E-state index in [-0.39, 0.29) is 28.0 Å². The van der Waals surface area contributed by atoms with Gasteiger partial charge in [-0.05, 0) is 18.2 Å². The van der Waals surface area contributed by atoms with Crippen LogP contribution in [-0.2, 0) is 0 Å². The molecule has 118 valence electrons. The number of benzene rings is 2. The minimum atomic E-state index is -1.08. The van der Waals surface area contributed by atoms with Crippen LogP contribution in [0.5, 0.6) is 0 Å². The van der Waals surface area contributed by atoms with Crippen LogP contribution in [0.2, 0.25) is 0 Å². The van der Waals surface area contributed by atoms with E-state index in [4.69, 9.17) is 5.73 Å². The third-order valence-electron chi connectivity index (χ3n) is 3.94. The lowest BCUT2D eigenvalue weighted by atomic mass is 10.1. The van der Waals surface area contributed by atoms with Crippen LogP contribution in [0.4, 0.5) is 5.69 Å². The van der Waals surface area contributed by atoms with Crippen molar-refractivity contribution in [1.29, 1.82) is 0 Å². The third kappa shape index (κ3) is 1.95. The Morgan fingerprint density at radius 3 is 2.58 bits per heavy atom. The number of hydrogen-bond donors (Lipinski definition) is 4. The minimum absolute atomic E-state index is 0.0609. The van der Waals surface area contributed by atoms with E-state index in [0.29, 0.717) is 22.1 Å². The molecule has 0 fully saturated rings. The quantitative estimate of drug-likeness (QED) is 0.451. The average molecular weight is 320 g/mol. The highest BCUT2D eigenvalue weighted by molar-refractivity contribution is 6.03. The number of anilines is 1. The lowest BCUT2D eigenvalue weighted by Gasteiger charge is -2.06. The van der Waals surface area contributed by atoms with Crippen LogP contribution >= 0.6 is 0 Å². The lowest BCUT2D eigenvalue weighted by molar-refractivity contribution is 0.0699. The second-order valence-electron chi connectivity index (χ2n) is 5.38. The van der Waals surface area contributed by atoms with E-state index < -0.39 is 5.97 Å². The highest BCUT2D eigenvalue weighted by Gasteiger charge is 2.18. The Morgan fingerprint density at radius 1 is 1.04 bits per heavy atom. The Bertz CT molecular complexity index is 1170. The van der Waals surface area contributed by atoms with Gasteiger partial charge >= 0.3 is 5.97 Å². The molecule has 2 aromatic carbocycles. The number of rotatable bonds is 2. The Morgan fingerprint density at radius 2 is 1.79 bits per heavy atom. The van der Waals surface area contributed by atoms with E-state index in [1.165, 1.54) is 6.07 Å². The van der Waals surface area contributed by atoms with E-state index in [0.717, 1.165) is 0 Å². The highest BCUT2D eigenvalue weighted by atomic mass is 16.4. The summed E-state index contributed by atoms with van der Waals surface area (Å²) in [6.45, 7) is 0. The van der Waals surface area contributed by atoms with Gasteiger partial charge in [0.25, 0.3) is 5.56 Å². The molecule has 0 saturated carbocycles. The molecule has 0 atom stereocenters. The Labute approximate surface area is 134 Å². The number of carbonyl (C=O) groups is 1. The van der Waals surface area contributed by atoms with Crippen molar-refractivity contribution in [2.24, 2.45) is 0 Å². The predicted molar refractivity (Wildman–Crippen MR) is 91.0 cm³/mol. The van der Waals surface area contributed by atoms with E-state index in [1.807, 2.05) is 6.07 Å². The molecule has 4 rings (SSSR count). The number of imidazole rings is 1. The molecule has 2 aromatic heterocycles. The molecule has 2 heterocycles. The molecule has 4 aromatic rings. The van der Waals surface area contributed by atoms with Crippen molar-refractivity contribution in [1.82, 2.24) is 15.0 Å². The Kier molecular flexibility index (Phi) is 2.89. The summed E-state index contributed by atoms with van der Waals surface area (Å²) >= 11 is 0. The van der Waals surface area contributed by atoms with Gasteiger partial charge in [0.1, 0.15) is 16.9 Å². The number of nitrogens with two attached hydrogens (primary N) is 1. The van der Waals surface area contributed by atoms with Crippen LogP contribution in [0.3, 0.4) is 0 Å². The molecule has 0 amide bonds. The van der Waals surface area contributed by atoms with Crippen LogP contribution in [0.25, 0.3) is 33.3 Å². The second kappa shape index (κ2) is 4.95. The van der Waals surface area contributed by atoms with Gasteiger partial charge in [0, 0.05) is 5.39 Å². The van der Waals surface area contributed by atoms with Crippen molar-refractivity contribution >= 4 is 33.6 Å². The maximum absolute atomic E-state index is 12.4. The van der Waals surface area contributed by atoms with Crippen LogP contribution in [0, 0.1) is 0 Å². The summed E-state index contributed by atoms with van der Waals surface area (Å²) in [4.78, 5) is 33.8. The van der Waals surface area contributed by atoms with Gasteiger partial charge in [-0.2, -0.15) is 0 Å². The predicted octanol–water partition coefficient (Wildman–Crippen LogP) is 2.35. The second-order valence-corrected chi connectivity index (χ2v) is 5.38. The first-order chi connectivity index (χ1) is 11.6. The first-order valence-electron chi connectivity index (χ1n) is 7.19. The number of hydrogen-bond acceptors (Lipinski definition) is 4. The molecular weight excluding hydrogens is 308 g/mol. The van der Waals surface area contributed by atoms with Crippen molar-refractivity contribution in [2.75, 3.05) is 5.73 Å². The molecular formula is C17H12N4O3. The molecule has 0 saturated heterocycles. The largest absolute Gasteiger partial charge is 0.478 e. The van der Waals surface area contributed by atoms with E-state index in [9.17, 15) is 14.7 Å². The van der Waals surface area contributed by atoms with Crippen molar-refractivity contribution in [3.8, 4) is 11.4 Å². The van der Waals surface area contributed by atoms with Gasteiger partial charge in [0.2, 0.25) is 0 Å². The number of H-pyrrole nitrogens is 2. The zero-order valence-electron chi connectivity index (χ0n) is 12.3. The van der Waals surface area contributed by atoms with Gasteiger partial charge < -0.3 is 20.8 Å². The SMILES string of the molecule is Nc1c(-c2nc3c(C(=O)O)cccc3[nH]2)c(=O)[nH]c2ccccc12. The van der Waals surface area contributed by atoms with Crippen molar-refractivity contribution in [3.63, 3.8) is 0 Å². The number of aromatic nitrogens is 3. The number of carboxylic acid groups (broad SMARTS) is 1. The van der Waals surface area contributed by atoms with E-state index in [2.05, 4.69) is 15.0 Å². The number of nitrogens with zero attached hydrogens (tertiary/aromatic N) is 1. The Hall–Kier alpha value is -3.61. The molecule has 0 aliphatic carbocycles. The first-order valence-corrected chi connectivity index (χ1v) is 7.19. The maximum atomic E-state index is 12.4. The molecule has 24 heavy (non-hydrogen) atoms. The van der Waals surface area contributed by atoms with Gasteiger partial charge in [-0.15, -0.1) is 0 Å². The molecule has 0 unspecified atom stereocenters. The molecule has 7 nitrogen and oxygen atoms in total. The first kappa shape index (κ1) is 14.0. The third-order valence-corrected chi connectivity index (χ3v) is 3.94. The average Bonchev–Trinajstić information content (AvgIpc) is 2.98. The van der Waals surface area contributed by atoms with Gasteiger partial charge in [-0.25, -0.2) is 9.78 Å². The number of aromatic carboxylic acids is 1. The summed E-state index contributed by atoms with van der Waals surface area (Å²) in [5, 5.41) is 9.97. The molecule has 0 spiro atoms. The van der Waals surface area contributed by atoms with Gasteiger partial charge in [0.05, 0.1) is 22.3 Å². The van der Waals surface area contributed by atoms with Crippen molar-refractivity contribution in [2.45, 2.75) is 0 Å². The van der Waals surface area contributed by atoms with Crippen molar-refractivity contribution in [3.05, 3.63) is 58.4 Å².